The molecular weight excluding hydrogens is 481 g/mol. The third-order valence-corrected chi connectivity index (χ3v) is 6.02. The molecular formula is C29H27F3N2O3. The monoisotopic (exact) mass is 508 g/mol. The molecule has 37 heavy (non-hydrogen) atoms. The summed E-state index contributed by atoms with van der Waals surface area (Å²) in [6, 6.07) is 22.5. The average Bonchev–Trinajstić information content (AvgIpc) is 3.25. The number of rotatable bonds is 8. The van der Waals surface area contributed by atoms with Crippen LogP contribution in [-0.2, 0) is 17.6 Å². The summed E-state index contributed by atoms with van der Waals surface area (Å²) in [7, 11) is 3.24. The van der Waals surface area contributed by atoms with Gasteiger partial charge >= 0.3 is 6.18 Å². The second-order valence-corrected chi connectivity index (χ2v) is 8.44. The van der Waals surface area contributed by atoms with Crippen LogP contribution in [0.15, 0.2) is 84.0 Å². The van der Waals surface area contributed by atoms with E-state index in [0.29, 0.717) is 11.3 Å². The third-order valence-electron chi connectivity index (χ3n) is 6.02. The Hall–Kier alpha value is -4.20. The fraction of sp³-hybridized carbons (Fsp3) is 0.207. The molecule has 0 aliphatic rings. The second kappa shape index (κ2) is 10.8. The van der Waals surface area contributed by atoms with Gasteiger partial charge in [-0.2, -0.15) is 13.2 Å². The highest BCUT2D eigenvalue weighted by molar-refractivity contribution is 6.01. The standard InChI is InChI=1S/C29H27F3N2O3/c1-19(33-37-18-21-7-5-8-23(15-21)29(30,31)32)27-17-28(22-11-13-25(35-3)14-12-22)34(20(27)2)24-9-6-10-26(16-24)36-4/h5-17H,18H2,1-4H3/b33-19+. The number of nitrogens with zero attached hydrogens (tertiary/aromatic N) is 2. The van der Waals surface area contributed by atoms with Gasteiger partial charge < -0.3 is 18.9 Å². The Kier molecular flexibility index (Phi) is 7.57. The molecule has 0 radical (unpaired) electrons. The molecule has 0 fully saturated rings. The van der Waals surface area contributed by atoms with E-state index in [1.54, 1.807) is 20.3 Å². The highest BCUT2D eigenvalue weighted by Crippen LogP contribution is 2.33. The number of oxime groups is 1. The molecule has 0 aliphatic heterocycles. The fourth-order valence-electron chi connectivity index (χ4n) is 4.12. The minimum atomic E-state index is -4.41. The lowest BCUT2D eigenvalue weighted by atomic mass is 10.1. The first-order valence-corrected chi connectivity index (χ1v) is 11.6. The summed E-state index contributed by atoms with van der Waals surface area (Å²) in [6.45, 7) is 3.71. The summed E-state index contributed by atoms with van der Waals surface area (Å²) in [5, 5.41) is 4.22. The Bertz CT molecular complexity index is 1410. The van der Waals surface area contributed by atoms with Gasteiger partial charge in [0.15, 0.2) is 0 Å². The number of benzene rings is 3. The molecule has 1 heterocycles. The van der Waals surface area contributed by atoms with Gasteiger partial charge in [0.1, 0.15) is 18.1 Å². The minimum absolute atomic E-state index is 0.0811. The number of hydrogen-bond donors (Lipinski definition) is 0. The zero-order valence-corrected chi connectivity index (χ0v) is 21.0. The first-order valence-electron chi connectivity index (χ1n) is 11.6. The number of aromatic nitrogens is 1. The van der Waals surface area contributed by atoms with E-state index in [2.05, 4.69) is 9.72 Å². The van der Waals surface area contributed by atoms with Crippen molar-refractivity contribution >= 4 is 5.71 Å². The molecule has 1 aromatic heterocycles. The Labute approximate surface area is 213 Å². The zero-order chi connectivity index (χ0) is 26.6. The Balaban J connectivity index is 1.69. The third kappa shape index (κ3) is 5.80. The lowest BCUT2D eigenvalue weighted by Gasteiger charge is -2.14. The van der Waals surface area contributed by atoms with Gasteiger partial charge in [-0.15, -0.1) is 0 Å². The van der Waals surface area contributed by atoms with Crippen molar-refractivity contribution in [2.75, 3.05) is 14.2 Å². The maximum Gasteiger partial charge on any atom is 0.416 e. The largest absolute Gasteiger partial charge is 0.497 e. The molecule has 0 saturated heterocycles. The smallest absolute Gasteiger partial charge is 0.416 e. The van der Waals surface area contributed by atoms with Crippen LogP contribution in [0.5, 0.6) is 11.5 Å². The van der Waals surface area contributed by atoms with Crippen LogP contribution in [0.25, 0.3) is 16.9 Å². The second-order valence-electron chi connectivity index (χ2n) is 8.44. The predicted molar refractivity (Wildman–Crippen MR) is 137 cm³/mol. The molecule has 3 aromatic carbocycles. The van der Waals surface area contributed by atoms with Crippen LogP contribution >= 0.6 is 0 Å². The number of methoxy groups -OCH3 is 2. The average molecular weight is 509 g/mol. The summed E-state index contributed by atoms with van der Waals surface area (Å²) >= 11 is 0. The number of hydrogen-bond acceptors (Lipinski definition) is 4. The van der Waals surface area contributed by atoms with Gasteiger partial charge in [0.05, 0.1) is 31.2 Å². The van der Waals surface area contributed by atoms with Crippen molar-refractivity contribution in [2.24, 2.45) is 5.16 Å². The first-order chi connectivity index (χ1) is 17.7. The van der Waals surface area contributed by atoms with Crippen LogP contribution in [0, 0.1) is 6.92 Å². The van der Waals surface area contributed by atoms with Crippen molar-refractivity contribution in [1.82, 2.24) is 4.57 Å². The van der Waals surface area contributed by atoms with Crippen molar-refractivity contribution in [1.29, 1.82) is 0 Å². The number of ether oxygens (including phenoxy) is 2. The maximum atomic E-state index is 13.0. The molecule has 0 atom stereocenters. The van der Waals surface area contributed by atoms with Crippen molar-refractivity contribution in [2.45, 2.75) is 26.6 Å². The van der Waals surface area contributed by atoms with Crippen molar-refractivity contribution in [3.05, 3.63) is 101 Å². The molecule has 0 amide bonds. The van der Waals surface area contributed by atoms with Gasteiger partial charge in [-0.1, -0.05) is 23.4 Å². The topological polar surface area (TPSA) is 45.0 Å². The highest BCUT2D eigenvalue weighted by Gasteiger charge is 2.30. The summed E-state index contributed by atoms with van der Waals surface area (Å²) in [4.78, 5) is 5.46. The van der Waals surface area contributed by atoms with Crippen LogP contribution in [0.2, 0.25) is 0 Å². The van der Waals surface area contributed by atoms with Crippen LogP contribution in [-0.4, -0.2) is 24.5 Å². The van der Waals surface area contributed by atoms with Crippen molar-refractivity contribution < 1.29 is 27.5 Å². The van der Waals surface area contributed by atoms with E-state index in [0.717, 1.165) is 51.8 Å². The Morgan fingerprint density at radius 2 is 1.57 bits per heavy atom. The van der Waals surface area contributed by atoms with Gasteiger partial charge in [-0.05, 0) is 79.6 Å². The lowest BCUT2D eigenvalue weighted by molar-refractivity contribution is -0.137. The van der Waals surface area contributed by atoms with Crippen LogP contribution in [0.3, 0.4) is 0 Å². The summed E-state index contributed by atoms with van der Waals surface area (Å²) in [5.41, 5.74) is 4.83. The molecule has 4 rings (SSSR count). The normalized spacial score (nSPS) is 11.9. The van der Waals surface area contributed by atoms with E-state index in [4.69, 9.17) is 14.3 Å². The minimum Gasteiger partial charge on any atom is -0.497 e. The molecule has 4 aromatic rings. The van der Waals surface area contributed by atoms with E-state index >= 15 is 0 Å². The summed E-state index contributed by atoms with van der Waals surface area (Å²) in [6.07, 6.45) is -4.41. The summed E-state index contributed by atoms with van der Waals surface area (Å²) in [5.74, 6) is 1.48. The van der Waals surface area contributed by atoms with Crippen molar-refractivity contribution in [3.63, 3.8) is 0 Å². The SMILES string of the molecule is COc1ccc(-c2cc(/C(C)=N/OCc3cccc(C(F)(F)F)c3)c(C)n2-c2cccc(OC)c2)cc1. The van der Waals surface area contributed by atoms with E-state index < -0.39 is 11.7 Å². The predicted octanol–water partition coefficient (Wildman–Crippen LogP) is 7.43. The Morgan fingerprint density at radius 3 is 2.24 bits per heavy atom. The molecule has 0 saturated carbocycles. The molecule has 5 nitrogen and oxygen atoms in total. The van der Waals surface area contributed by atoms with E-state index in [9.17, 15) is 13.2 Å². The molecule has 8 heteroatoms. The molecule has 0 spiro atoms. The van der Waals surface area contributed by atoms with Gasteiger partial charge in [0.25, 0.3) is 0 Å². The van der Waals surface area contributed by atoms with Gasteiger partial charge in [-0.3, -0.25) is 0 Å². The van der Waals surface area contributed by atoms with Gasteiger partial charge in [0.2, 0.25) is 0 Å². The zero-order valence-electron chi connectivity index (χ0n) is 21.0. The van der Waals surface area contributed by atoms with E-state index in [1.165, 1.54) is 6.07 Å². The molecule has 0 N–H and O–H groups in total. The van der Waals surface area contributed by atoms with Gasteiger partial charge in [-0.25, -0.2) is 0 Å². The number of alkyl halides is 3. The first kappa shape index (κ1) is 25.9. The maximum absolute atomic E-state index is 13.0. The lowest BCUT2D eigenvalue weighted by Crippen LogP contribution is -2.05. The molecule has 0 bridgehead atoms. The van der Waals surface area contributed by atoms with Crippen LogP contribution < -0.4 is 9.47 Å². The highest BCUT2D eigenvalue weighted by atomic mass is 19.4. The van der Waals surface area contributed by atoms with Crippen molar-refractivity contribution in [3.8, 4) is 28.4 Å². The molecule has 0 unspecified atom stereocenters. The molecule has 0 aliphatic carbocycles. The van der Waals surface area contributed by atoms with E-state index in [1.807, 2.05) is 68.4 Å². The van der Waals surface area contributed by atoms with E-state index in [-0.39, 0.29) is 6.61 Å². The number of halogens is 3. The molecule has 192 valence electrons. The fourth-order valence-corrected chi connectivity index (χ4v) is 4.12. The van der Waals surface area contributed by atoms with Gasteiger partial charge in [0, 0.05) is 23.0 Å². The summed E-state index contributed by atoms with van der Waals surface area (Å²) < 4.78 is 51.9. The quantitative estimate of drug-likeness (QED) is 0.184. The van der Waals surface area contributed by atoms with Crippen LogP contribution in [0.4, 0.5) is 13.2 Å². The van der Waals surface area contributed by atoms with Crippen LogP contribution in [0.1, 0.15) is 29.3 Å². The Morgan fingerprint density at radius 1 is 0.865 bits per heavy atom.